The highest BCUT2D eigenvalue weighted by Gasteiger charge is 2.13. The van der Waals surface area contributed by atoms with Crippen molar-refractivity contribution in [3.05, 3.63) is 0 Å². The van der Waals surface area contributed by atoms with Crippen LogP contribution in [0.1, 0.15) is 13.3 Å². The maximum Gasteiger partial charge on any atom is 0.240 e. The molecule has 0 spiro atoms. The van der Waals surface area contributed by atoms with Crippen LogP contribution in [0.25, 0.3) is 0 Å². The number of nitrogens with two attached hydrogens (primary N) is 2. The molecule has 5 heteroatoms. The second-order valence-corrected chi connectivity index (χ2v) is 2.23. The van der Waals surface area contributed by atoms with Crippen molar-refractivity contribution in [3.63, 3.8) is 0 Å². The molecule has 0 radical (unpaired) electrons. The number of amides is 2. The Hall–Kier alpha value is -1.10. The van der Waals surface area contributed by atoms with Crippen LogP contribution < -0.4 is 16.8 Å². The summed E-state index contributed by atoms with van der Waals surface area (Å²) in [6.45, 7) is 1.65. The smallest absolute Gasteiger partial charge is 0.240 e. The molecule has 0 unspecified atom stereocenters. The summed E-state index contributed by atoms with van der Waals surface area (Å²) in [5.74, 6) is -0.826. The molecule has 1 atom stereocenters. The summed E-state index contributed by atoms with van der Waals surface area (Å²) in [7, 11) is 0. The molecule has 0 saturated heterocycles. The van der Waals surface area contributed by atoms with E-state index in [4.69, 9.17) is 11.5 Å². The Bertz CT molecular complexity index is 158. The molecule has 0 saturated carbocycles. The molecule has 5 N–H and O–H groups in total. The monoisotopic (exact) mass is 159 g/mol. The predicted octanol–water partition coefficient (Wildman–Crippen LogP) is -1.67. The molecule has 0 heterocycles. The zero-order chi connectivity index (χ0) is 8.85. The lowest BCUT2D eigenvalue weighted by Crippen LogP contribution is -2.44. The van der Waals surface area contributed by atoms with Crippen molar-refractivity contribution in [1.82, 2.24) is 5.32 Å². The Labute approximate surface area is 65.1 Å². The molecule has 0 bridgehead atoms. The molecule has 0 aromatic carbocycles. The fraction of sp³-hybridized carbons (Fsp3) is 0.667. The molecule has 0 aliphatic rings. The van der Waals surface area contributed by atoms with Gasteiger partial charge in [0.05, 0.1) is 0 Å². The summed E-state index contributed by atoms with van der Waals surface area (Å²) in [6.07, 6.45) is 0.384. The minimum Gasteiger partial charge on any atom is -0.368 e. The number of nitrogens with one attached hydrogen (secondary N) is 1. The van der Waals surface area contributed by atoms with Crippen molar-refractivity contribution in [2.24, 2.45) is 11.5 Å². The van der Waals surface area contributed by atoms with Crippen molar-refractivity contribution in [2.45, 2.75) is 19.4 Å². The Balaban J connectivity index is 3.89. The van der Waals surface area contributed by atoms with Crippen LogP contribution in [0.15, 0.2) is 0 Å². The maximum absolute atomic E-state index is 10.6. The first kappa shape index (κ1) is 9.90. The number of carbonyl (C=O) groups excluding carboxylic acids is 2. The van der Waals surface area contributed by atoms with Crippen LogP contribution in [-0.4, -0.2) is 24.4 Å². The van der Waals surface area contributed by atoms with E-state index in [0.29, 0.717) is 13.0 Å². The van der Waals surface area contributed by atoms with Crippen LogP contribution in [0.4, 0.5) is 0 Å². The van der Waals surface area contributed by atoms with E-state index in [-0.39, 0.29) is 5.91 Å². The summed E-state index contributed by atoms with van der Waals surface area (Å²) in [4.78, 5) is 21.1. The molecular weight excluding hydrogens is 146 g/mol. The number of primary amides is 1. The normalized spacial score (nSPS) is 12.2. The Kier molecular flexibility index (Phi) is 4.21. The van der Waals surface area contributed by atoms with Crippen LogP contribution in [0.2, 0.25) is 0 Å². The van der Waals surface area contributed by atoms with Crippen LogP contribution >= 0.6 is 0 Å². The van der Waals surface area contributed by atoms with Gasteiger partial charge in [0.2, 0.25) is 11.8 Å². The van der Waals surface area contributed by atoms with Gasteiger partial charge in [-0.25, -0.2) is 0 Å². The molecule has 2 amide bonds. The van der Waals surface area contributed by atoms with Crippen molar-refractivity contribution in [2.75, 3.05) is 6.54 Å². The van der Waals surface area contributed by atoms with Gasteiger partial charge >= 0.3 is 0 Å². The molecule has 0 fully saturated rings. The number of hydrogen-bond donors (Lipinski definition) is 3. The van der Waals surface area contributed by atoms with E-state index >= 15 is 0 Å². The third-order valence-electron chi connectivity index (χ3n) is 1.18. The van der Waals surface area contributed by atoms with E-state index in [2.05, 4.69) is 5.32 Å². The molecule has 0 aliphatic carbocycles. The number of rotatable bonds is 4. The average Bonchev–Trinajstić information content (AvgIpc) is 1.86. The molecule has 64 valence electrons. The largest absolute Gasteiger partial charge is 0.368 e. The predicted molar refractivity (Wildman–Crippen MR) is 40.5 cm³/mol. The Morgan fingerprint density at radius 3 is 2.36 bits per heavy atom. The van der Waals surface area contributed by atoms with Gasteiger partial charge in [0.15, 0.2) is 0 Å². The fourth-order valence-electron chi connectivity index (χ4n) is 0.698. The lowest BCUT2D eigenvalue weighted by Gasteiger charge is -2.11. The minimum absolute atomic E-state index is 0.276. The van der Waals surface area contributed by atoms with Crippen LogP contribution in [0.5, 0.6) is 0 Å². The number of hydrogen-bond acceptors (Lipinski definition) is 3. The van der Waals surface area contributed by atoms with Crippen molar-refractivity contribution < 1.29 is 9.59 Å². The summed E-state index contributed by atoms with van der Waals surface area (Å²) < 4.78 is 0. The molecule has 0 rings (SSSR count). The first-order valence-corrected chi connectivity index (χ1v) is 3.34. The van der Waals surface area contributed by atoms with Crippen molar-refractivity contribution in [3.8, 4) is 0 Å². The zero-order valence-electron chi connectivity index (χ0n) is 6.46. The SMILES string of the molecule is CC(=O)N[C@@H](CCN)C(N)=O. The first-order valence-electron chi connectivity index (χ1n) is 3.34. The van der Waals surface area contributed by atoms with E-state index in [1.54, 1.807) is 0 Å². The van der Waals surface area contributed by atoms with Gasteiger partial charge < -0.3 is 16.8 Å². The van der Waals surface area contributed by atoms with Gasteiger partial charge in [-0.3, -0.25) is 9.59 Å². The summed E-state index contributed by atoms with van der Waals surface area (Å²) in [6, 6.07) is -0.627. The topological polar surface area (TPSA) is 98.2 Å². The van der Waals surface area contributed by atoms with Gasteiger partial charge in [-0.05, 0) is 13.0 Å². The standard InChI is InChI=1S/C6H13N3O2/c1-4(10)9-5(2-3-7)6(8)11/h5H,2-3,7H2,1H3,(H2,8,11)(H,9,10)/t5-/m0/s1. The van der Waals surface area contributed by atoms with Crippen LogP contribution in [-0.2, 0) is 9.59 Å². The van der Waals surface area contributed by atoms with Crippen molar-refractivity contribution in [1.29, 1.82) is 0 Å². The van der Waals surface area contributed by atoms with Gasteiger partial charge in [-0.15, -0.1) is 0 Å². The van der Waals surface area contributed by atoms with Crippen LogP contribution in [0.3, 0.4) is 0 Å². The Morgan fingerprint density at radius 2 is 2.09 bits per heavy atom. The van der Waals surface area contributed by atoms with E-state index in [1.807, 2.05) is 0 Å². The molecule has 0 aliphatic heterocycles. The summed E-state index contributed by atoms with van der Waals surface area (Å²) >= 11 is 0. The molecule has 5 nitrogen and oxygen atoms in total. The van der Waals surface area contributed by atoms with Crippen molar-refractivity contribution >= 4 is 11.8 Å². The molecule has 11 heavy (non-hydrogen) atoms. The van der Waals surface area contributed by atoms with Gasteiger partial charge in [-0.1, -0.05) is 0 Å². The quantitative estimate of drug-likeness (QED) is 0.457. The van der Waals surface area contributed by atoms with Gasteiger partial charge in [-0.2, -0.15) is 0 Å². The van der Waals surface area contributed by atoms with Gasteiger partial charge in [0.1, 0.15) is 6.04 Å². The highest BCUT2D eigenvalue weighted by Crippen LogP contribution is 1.87. The zero-order valence-corrected chi connectivity index (χ0v) is 6.46. The maximum atomic E-state index is 10.6. The number of carbonyl (C=O) groups is 2. The van der Waals surface area contributed by atoms with E-state index < -0.39 is 11.9 Å². The first-order chi connectivity index (χ1) is 5.07. The third-order valence-corrected chi connectivity index (χ3v) is 1.18. The minimum atomic E-state index is -0.627. The molecule has 0 aromatic rings. The fourth-order valence-corrected chi connectivity index (χ4v) is 0.698. The summed E-state index contributed by atoms with van der Waals surface area (Å²) in [5.41, 5.74) is 10.1. The second kappa shape index (κ2) is 4.68. The average molecular weight is 159 g/mol. The second-order valence-electron chi connectivity index (χ2n) is 2.23. The summed E-state index contributed by atoms with van der Waals surface area (Å²) in [5, 5.41) is 2.39. The lowest BCUT2D eigenvalue weighted by atomic mass is 10.2. The Morgan fingerprint density at radius 1 is 1.55 bits per heavy atom. The van der Waals surface area contributed by atoms with Crippen LogP contribution in [0, 0.1) is 0 Å². The highest BCUT2D eigenvalue weighted by molar-refractivity contribution is 5.85. The molecule has 0 aromatic heterocycles. The third kappa shape index (κ3) is 4.32. The van der Waals surface area contributed by atoms with E-state index in [9.17, 15) is 9.59 Å². The van der Waals surface area contributed by atoms with E-state index in [0.717, 1.165) is 0 Å². The van der Waals surface area contributed by atoms with E-state index in [1.165, 1.54) is 6.92 Å². The lowest BCUT2D eigenvalue weighted by molar-refractivity contribution is -0.126. The molecular formula is C6H13N3O2. The highest BCUT2D eigenvalue weighted by atomic mass is 16.2. The van der Waals surface area contributed by atoms with Gasteiger partial charge in [0, 0.05) is 6.92 Å². The van der Waals surface area contributed by atoms with Gasteiger partial charge in [0.25, 0.3) is 0 Å².